The van der Waals surface area contributed by atoms with Gasteiger partial charge in [-0.3, -0.25) is 9.36 Å². The molecule has 0 aliphatic heterocycles. The Morgan fingerprint density at radius 1 is 0.576 bits per heavy atom. The van der Waals surface area contributed by atoms with E-state index in [-0.39, 0.29) is 19.1 Å². The fraction of sp³-hybridized carbons (Fsp3) is 0.900. The molecule has 59 heavy (non-hydrogen) atoms. The van der Waals surface area contributed by atoms with Crippen molar-refractivity contribution in [3.8, 4) is 0 Å². The molecule has 0 heterocycles. The maximum atomic E-state index is 12.9. The molecule has 3 unspecified atom stereocenters. The van der Waals surface area contributed by atoms with E-state index in [0.717, 1.165) is 38.5 Å². The van der Waals surface area contributed by atoms with Crippen molar-refractivity contribution in [3.63, 3.8) is 0 Å². The first-order valence-electron chi connectivity index (χ1n) is 25.2. The zero-order valence-electron chi connectivity index (χ0n) is 39.7. The topological polar surface area (TPSA) is 108 Å². The number of hydrogen-bond donors (Lipinski definition) is 2. The Balaban J connectivity index is 4.32. The Morgan fingerprint density at radius 3 is 1.37 bits per heavy atom. The first kappa shape index (κ1) is 58.0. The summed E-state index contributed by atoms with van der Waals surface area (Å²) in [5.74, 6) is -0.205. The summed E-state index contributed by atoms with van der Waals surface area (Å²) in [6.07, 6.45) is 51.0. The molecule has 350 valence electrons. The van der Waals surface area contributed by atoms with Crippen molar-refractivity contribution < 1.29 is 32.9 Å². The summed E-state index contributed by atoms with van der Waals surface area (Å²) in [7, 11) is 1.25. The zero-order valence-corrected chi connectivity index (χ0v) is 40.6. The van der Waals surface area contributed by atoms with Crippen LogP contribution in [0.4, 0.5) is 0 Å². The van der Waals surface area contributed by atoms with Gasteiger partial charge >= 0.3 is 0 Å². The molecule has 0 aliphatic rings. The molecule has 0 aromatic carbocycles. The lowest BCUT2D eigenvalue weighted by molar-refractivity contribution is -0.870. The van der Waals surface area contributed by atoms with Crippen molar-refractivity contribution in [1.29, 1.82) is 0 Å². The number of nitrogens with one attached hydrogen (secondary N) is 1. The van der Waals surface area contributed by atoms with Gasteiger partial charge < -0.3 is 28.8 Å². The molecular weight excluding hydrogens is 756 g/mol. The van der Waals surface area contributed by atoms with Crippen molar-refractivity contribution in [2.75, 3.05) is 40.9 Å². The average Bonchev–Trinajstić information content (AvgIpc) is 3.19. The van der Waals surface area contributed by atoms with E-state index in [4.69, 9.17) is 9.05 Å². The molecule has 0 rings (SSSR count). The number of carbonyl (C=O) groups is 1. The Kier molecular flexibility index (Phi) is 41.6. The van der Waals surface area contributed by atoms with Gasteiger partial charge in [0.05, 0.1) is 39.9 Å². The van der Waals surface area contributed by atoms with Crippen LogP contribution in [0.5, 0.6) is 0 Å². The highest BCUT2D eigenvalue weighted by atomic mass is 31.2. The molecule has 0 bridgehead atoms. The van der Waals surface area contributed by atoms with E-state index in [1.165, 1.54) is 180 Å². The maximum absolute atomic E-state index is 12.9. The highest BCUT2D eigenvalue weighted by Gasteiger charge is 2.23. The van der Waals surface area contributed by atoms with Gasteiger partial charge in [-0.25, -0.2) is 0 Å². The minimum Gasteiger partial charge on any atom is -0.756 e. The number of carbonyl (C=O) groups excluding carboxylic acids is 1. The van der Waals surface area contributed by atoms with Gasteiger partial charge in [-0.15, -0.1) is 0 Å². The summed E-state index contributed by atoms with van der Waals surface area (Å²) >= 11 is 0. The standard InChI is InChI=1S/C50H99N2O6P/c1-6-8-10-12-14-16-18-20-22-23-24-25-26-27-28-29-30-31-33-35-37-39-41-43-49(53)48(47-58-59(55,56)57-46-45-52(3,4)5)51-50(54)44-42-40-38-36-34-32-21-19-17-15-13-11-9-7-2/h33,35,41,43,48-49,53H,6-32,34,36-40,42,44-47H2,1-5H3,(H-,51,54,55,56)/b35-33+,43-41+. The predicted octanol–water partition coefficient (Wildman–Crippen LogP) is 13.8. The Morgan fingerprint density at radius 2 is 0.949 bits per heavy atom. The molecule has 1 amide bonds. The van der Waals surface area contributed by atoms with Gasteiger partial charge in [0.15, 0.2) is 0 Å². The number of phosphoric acid groups is 1. The summed E-state index contributed by atoms with van der Waals surface area (Å²) in [6.45, 7) is 4.65. The van der Waals surface area contributed by atoms with Crippen molar-refractivity contribution in [1.82, 2.24) is 5.32 Å². The molecule has 2 N–H and O–H groups in total. The third-order valence-electron chi connectivity index (χ3n) is 11.4. The van der Waals surface area contributed by atoms with Crippen LogP contribution >= 0.6 is 7.82 Å². The number of likely N-dealkylation sites (N-methyl/N-ethyl adjacent to an activating group) is 1. The van der Waals surface area contributed by atoms with Gasteiger partial charge in [-0.1, -0.05) is 224 Å². The number of aliphatic hydroxyl groups excluding tert-OH is 1. The van der Waals surface area contributed by atoms with E-state index < -0.39 is 20.0 Å². The third kappa shape index (κ3) is 44.8. The van der Waals surface area contributed by atoms with E-state index in [0.29, 0.717) is 17.4 Å². The largest absolute Gasteiger partial charge is 0.756 e. The molecule has 0 saturated carbocycles. The summed E-state index contributed by atoms with van der Waals surface area (Å²) in [5.41, 5.74) is 0. The molecule has 0 radical (unpaired) electrons. The highest BCUT2D eigenvalue weighted by Crippen LogP contribution is 2.38. The number of unbranched alkanes of at least 4 members (excludes halogenated alkanes) is 31. The molecule has 0 spiro atoms. The lowest BCUT2D eigenvalue weighted by Crippen LogP contribution is -2.45. The van der Waals surface area contributed by atoms with E-state index in [1.807, 2.05) is 27.2 Å². The number of amides is 1. The fourth-order valence-corrected chi connectivity index (χ4v) is 8.13. The molecule has 0 aromatic heterocycles. The summed E-state index contributed by atoms with van der Waals surface area (Å²) in [6, 6.07) is -0.898. The van der Waals surface area contributed by atoms with Gasteiger partial charge in [0, 0.05) is 6.42 Å². The van der Waals surface area contributed by atoms with E-state index in [2.05, 4.69) is 31.3 Å². The van der Waals surface area contributed by atoms with E-state index >= 15 is 0 Å². The van der Waals surface area contributed by atoms with Gasteiger partial charge in [-0.2, -0.15) is 0 Å². The number of quaternary nitrogens is 1. The molecule has 0 aromatic rings. The van der Waals surface area contributed by atoms with Crippen molar-refractivity contribution in [3.05, 3.63) is 24.3 Å². The number of aliphatic hydroxyl groups is 1. The SMILES string of the molecule is CCCCCCCCCCCCCCCCCCC/C=C/CC/C=C/C(O)C(COP(=O)([O-])OCC[N+](C)(C)C)NC(=O)CCCCCCCCCCCCCCCC. The van der Waals surface area contributed by atoms with Crippen LogP contribution in [-0.4, -0.2) is 68.5 Å². The van der Waals surface area contributed by atoms with Crippen LogP contribution in [0.25, 0.3) is 0 Å². The Labute approximate surface area is 366 Å². The molecule has 0 aliphatic carbocycles. The van der Waals surface area contributed by atoms with Crippen LogP contribution in [0.3, 0.4) is 0 Å². The molecular formula is C50H99N2O6P. The minimum atomic E-state index is -4.59. The van der Waals surface area contributed by atoms with Crippen LogP contribution in [0.15, 0.2) is 24.3 Å². The number of rotatable bonds is 46. The zero-order chi connectivity index (χ0) is 43.6. The van der Waals surface area contributed by atoms with Crippen LogP contribution in [-0.2, 0) is 18.4 Å². The predicted molar refractivity (Wildman–Crippen MR) is 252 cm³/mol. The summed E-state index contributed by atoms with van der Waals surface area (Å²) in [5, 5.41) is 13.8. The lowest BCUT2D eigenvalue weighted by Gasteiger charge is -2.29. The smallest absolute Gasteiger partial charge is 0.268 e. The highest BCUT2D eigenvalue weighted by molar-refractivity contribution is 7.45. The lowest BCUT2D eigenvalue weighted by atomic mass is 10.0. The van der Waals surface area contributed by atoms with Gasteiger partial charge in [0.1, 0.15) is 13.2 Å². The number of allylic oxidation sites excluding steroid dienone is 3. The quantitative estimate of drug-likeness (QED) is 0.0273. The second-order valence-corrected chi connectivity index (χ2v) is 19.9. The summed E-state index contributed by atoms with van der Waals surface area (Å²) < 4.78 is 23.2. The van der Waals surface area contributed by atoms with Crippen molar-refractivity contribution in [2.45, 2.75) is 251 Å². The third-order valence-corrected chi connectivity index (χ3v) is 12.4. The monoisotopic (exact) mass is 855 g/mol. The van der Waals surface area contributed by atoms with Gasteiger partial charge in [0.25, 0.3) is 7.82 Å². The van der Waals surface area contributed by atoms with Crippen LogP contribution in [0.1, 0.15) is 239 Å². The van der Waals surface area contributed by atoms with Gasteiger partial charge in [-0.05, 0) is 32.1 Å². The molecule has 3 atom stereocenters. The number of nitrogens with zero attached hydrogens (tertiary/aromatic N) is 1. The summed E-state index contributed by atoms with van der Waals surface area (Å²) in [4.78, 5) is 25.3. The average molecular weight is 855 g/mol. The maximum Gasteiger partial charge on any atom is 0.268 e. The van der Waals surface area contributed by atoms with E-state index in [9.17, 15) is 19.4 Å². The minimum absolute atomic E-state index is 0.00406. The molecule has 0 fully saturated rings. The van der Waals surface area contributed by atoms with E-state index in [1.54, 1.807) is 6.08 Å². The van der Waals surface area contributed by atoms with Crippen LogP contribution in [0, 0.1) is 0 Å². The van der Waals surface area contributed by atoms with Crippen LogP contribution in [0.2, 0.25) is 0 Å². The fourth-order valence-electron chi connectivity index (χ4n) is 7.41. The van der Waals surface area contributed by atoms with Gasteiger partial charge in [0.2, 0.25) is 5.91 Å². The first-order chi connectivity index (χ1) is 28.5. The van der Waals surface area contributed by atoms with Crippen molar-refractivity contribution >= 4 is 13.7 Å². The van der Waals surface area contributed by atoms with Crippen molar-refractivity contribution in [2.24, 2.45) is 0 Å². The molecule has 0 saturated heterocycles. The first-order valence-corrected chi connectivity index (χ1v) is 26.7. The van der Waals surface area contributed by atoms with Crippen LogP contribution < -0.4 is 10.2 Å². The Bertz CT molecular complexity index is 1020. The molecule has 8 nitrogen and oxygen atoms in total. The number of hydrogen-bond acceptors (Lipinski definition) is 6. The number of phosphoric ester groups is 1. The Hall–Kier alpha value is -1.02. The normalized spacial score (nSPS) is 14.4. The second-order valence-electron chi connectivity index (χ2n) is 18.5. The molecule has 9 heteroatoms. The second kappa shape index (κ2) is 42.3.